The second-order valence-corrected chi connectivity index (χ2v) is 10.4. The Hall–Kier alpha value is -2.97. The van der Waals surface area contributed by atoms with Crippen LogP contribution in [0.1, 0.15) is 10.8 Å². The number of hydrogen-bond donors (Lipinski definition) is 2. The molecule has 0 aliphatic rings. The zero-order chi connectivity index (χ0) is 23.2. The van der Waals surface area contributed by atoms with Gasteiger partial charge in [0.1, 0.15) is 5.25 Å². The van der Waals surface area contributed by atoms with E-state index in [1.165, 1.54) is 46.5 Å². The molecule has 2 N–H and O–H groups in total. The Morgan fingerprint density at radius 2 is 1.58 bits per heavy atom. The number of benzene rings is 1. The second kappa shape index (κ2) is 9.89. The van der Waals surface area contributed by atoms with Crippen molar-refractivity contribution in [3.05, 3.63) is 42.0 Å². The molecule has 2 aromatic rings. The van der Waals surface area contributed by atoms with E-state index in [0.29, 0.717) is 0 Å². The number of nitrogens with zero attached hydrogens (tertiary/aromatic N) is 3. The lowest BCUT2D eigenvalue weighted by molar-refractivity contribution is 0.256. The Bertz CT molecular complexity index is 1100. The number of nitrogens with one attached hydrogen (secondary N) is 2. The molecule has 0 spiro atoms. The van der Waals surface area contributed by atoms with Crippen LogP contribution in [-0.4, -0.2) is 71.2 Å². The third kappa shape index (κ3) is 6.50. The van der Waals surface area contributed by atoms with Crippen molar-refractivity contribution >= 4 is 32.0 Å². The standard InChI is InChI=1S/C17H23N5O7S2/c1-22(2)30(24,25)11-13(12-8-6-5-7-9-12)31(26,27)21-17(23)20-16-18-14(28-3)10-15(19-16)29-4/h5-10,13H,11H2,1-4H3,(H2,18,19,20,21,23). The number of carbonyl (C=O) groups excluding carboxylic acids is 1. The van der Waals surface area contributed by atoms with Crippen LogP contribution in [0.4, 0.5) is 10.7 Å². The molecular weight excluding hydrogens is 450 g/mol. The van der Waals surface area contributed by atoms with Crippen molar-refractivity contribution in [3.63, 3.8) is 0 Å². The van der Waals surface area contributed by atoms with E-state index in [1.807, 2.05) is 4.72 Å². The number of sulfonamides is 2. The lowest BCUT2D eigenvalue weighted by Crippen LogP contribution is -2.41. The fourth-order valence-corrected chi connectivity index (χ4v) is 5.44. The highest BCUT2D eigenvalue weighted by Crippen LogP contribution is 2.24. The van der Waals surface area contributed by atoms with Crippen LogP contribution in [-0.2, 0) is 20.0 Å². The minimum Gasteiger partial charge on any atom is -0.481 e. The first-order valence-electron chi connectivity index (χ1n) is 8.73. The van der Waals surface area contributed by atoms with Crippen molar-refractivity contribution in [1.82, 2.24) is 19.0 Å². The number of urea groups is 1. The van der Waals surface area contributed by atoms with Gasteiger partial charge in [-0.2, -0.15) is 9.97 Å². The fourth-order valence-electron chi connectivity index (χ4n) is 2.37. The van der Waals surface area contributed by atoms with E-state index in [-0.39, 0.29) is 23.3 Å². The lowest BCUT2D eigenvalue weighted by atomic mass is 10.2. The van der Waals surface area contributed by atoms with E-state index in [9.17, 15) is 21.6 Å². The summed E-state index contributed by atoms with van der Waals surface area (Å²) in [6.45, 7) is 0. The molecule has 31 heavy (non-hydrogen) atoms. The third-order valence-electron chi connectivity index (χ3n) is 4.02. The van der Waals surface area contributed by atoms with Gasteiger partial charge in [-0.25, -0.2) is 30.7 Å². The molecule has 0 fully saturated rings. The first kappa shape index (κ1) is 24.3. The van der Waals surface area contributed by atoms with E-state index in [2.05, 4.69) is 15.3 Å². The van der Waals surface area contributed by atoms with Crippen LogP contribution >= 0.6 is 0 Å². The van der Waals surface area contributed by atoms with Crippen LogP contribution < -0.4 is 19.5 Å². The summed E-state index contributed by atoms with van der Waals surface area (Å²) in [7, 11) is -3.14. The lowest BCUT2D eigenvalue weighted by Gasteiger charge is -2.21. The first-order valence-corrected chi connectivity index (χ1v) is 11.9. The Kier molecular flexibility index (Phi) is 7.75. The molecule has 1 heterocycles. The van der Waals surface area contributed by atoms with Gasteiger partial charge in [0.15, 0.2) is 0 Å². The summed E-state index contributed by atoms with van der Waals surface area (Å²) in [5.41, 5.74) is 0.201. The number of carbonyl (C=O) groups is 1. The molecule has 2 rings (SSSR count). The summed E-state index contributed by atoms with van der Waals surface area (Å²) in [5.74, 6) is -0.898. The maximum atomic E-state index is 12.9. The fraction of sp³-hybridized carbons (Fsp3) is 0.353. The quantitative estimate of drug-likeness (QED) is 0.531. The van der Waals surface area contributed by atoms with Gasteiger partial charge >= 0.3 is 6.03 Å². The highest BCUT2D eigenvalue weighted by molar-refractivity contribution is 7.93. The molecule has 0 aliphatic carbocycles. The van der Waals surface area contributed by atoms with Crippen molar-refractivity contribution in [3.8, 4) is 11.8 Å². The summed E-state index contributed by atoms with van der Waals surface area (Å²) in [4.78, 5) is 20.1. The van der Waals surface area contributed by atoms with Gasteiger partial charge in [-0.3, -0.25) is 5.32 Å². The maximum absolute atomic E-state index is 12.9. The largest absolute Gasteiger partial charge is 0.481 e. The molecule has 1 aromatic heterocycles. The normalized spacial score (nSPS) is 12.8. The molecule has 1 unspecified atom stereocenters. The van der Waals surface area contributed by atoms with Crippen molar-refractivity contribution in [1.29, 1.82) is 0 Å². The van der Waals surface area contributed by atoms with Crippen LogP contribution in [0.2, 0.25) is 0 Å². The van der Waals surface area contributed by atoms with Gasteiger partial charge in [-0.1, -0.05) is 30.3 Å². The molecule has 0 saturated carbocycles. The number of aromatic nitrogens is 2. The van der Waals surface area contributed by atoms with Gasteiger partial charge in [0.25, 0.3) is 0 Å². The van der Waals surface area contributed by atoms with Crippen molar-refractivity contribution in [2.75, 3.05) is 39.4 Å². The van der Waals surface area contributed by atoms with Gasteiger partial charge in [0.2, 0.25) is 37.8 Å². The first-order chi connectivity index (χ1) is 14.5. The Morgan fingerprint density at radius 3 is 2.06 bits per heavy atom. The van der Waals surface area contributed by atoms with Crippen LogP contribution in [0.15, 0.2) is 36.4 Å². The maximum Gasteiger partial charge on any atom is 0.335 e. The average Bonchev–Trinajstić information content (AvgIpc) is 2.71. The SMILES string of the molecule is COc1cc(OC)nc(NC(=O)NS(=O)(=O)C(CS(=O)(=O)N(C)C)c2ccccc2)n1. The molecule has 0 aliphatic heterocycles. The molecule has 0 saturated heterocycles. The highest BCUT2D eigenvalue weighted by atomic mass is 32.2. The third-order valence-corrected chi connectivity index (χ3v) is 7.76. The number of hydrogen-bond acceptors (Lipinski definition) is 9. The highest BCUT2D eigenvalue weighted by Gasteiger charge is 2.34. The van der Waals surface area contributed by atoms with Gasteiger partial charge in [0, 0.05) is 14.1 Å². The van der Waals surface area contributed by atoms with Gasteiger partial charge in [0.05, 0.1) is 26.0 Å². The molecule has 14 heteroatoms. The van der Waals surface area contributed by atoms with E-state index in [1.54, 1.807) is 18.2 Å². The van der Waals surface area contributed by atoms with Crippen molar-refractivity contribution in [2.24, 2.45) is 0 Å². The molecule has 1 atom stereocenters. The zero-order valence-electron chi connectivity index (χ0n) is 17.3. The molecule has 0 bridgehead atoms. The Balaban J connectivity index is 2.30. The van der Waals surface area contributed by atoms with Crippen molar-refractivity contribution < 1.29 is 31.1 Å². The predicted molar refractivity (Wildman–Crippen MR) is 113 cm³/mol. The summed E-state index contributed by atoms with van der Waals surface area (Å²) < 4.78 is 63.2. The summed E-state index contributed by atoms with van der Waals surface area (Å²) in [5, 5.41) is 0.620. The molecule has 170 valence electrons. The minimum absolute atomic E-state index is 0.0734. The summed E-state index contributed by atoms with van der Waals surface area (Å²) >= 11 is 0. The number of amides is 2. The van der Waals surface area contributed by atoms with E-state index in [4.69, 9.17) is 9.47 Å². The Morgan fingerprint density at radius 1 is 1.03 bits per heavy atom. The van der Waals surface area contributed by atoms with E-state index < -0.39 is 37.1 Å². The van der Waals surface area contributed by atoms with Gasteiger partial charge < -0.3 is 9.47 Å². The van der Waals surface area contributed by atoms with Gasteiger partial charge in [-0.15, -0.1) is 0 Å². The predicted octanol–water partition coefficient (Wildman–Crippen LogP) is 0.578. The van der Waals surface area contributed by atoms with Crippen LogP contribution in [0.25, 0.3) is 0 Å². The number of ether oxygens (including phenoxy) is 2. The number of anilines is 1. The minimum atomic E-state index is -4.48. The average molecular weight is 474 g/mol. The number of methoxy groups -OCH3 is 2. The Labute approximate surface area is 180 Å². The molecule has 12 nitrogen and oxygen atoms in total. The molecule has 1 aromatic carbocycles. The van der Waals surface area contributed by atoms with Gasteiger partial charge in [-0.05, 0) is 5.56 Å². The monoisotopic (exact) mass is 473 g/mol. The van der Waals surface area contributed by atoms with Crippen LogP contribution in [0, 0.1) is 0 Å². The molecule has 2 amide bonds. The summed E-state index contributed by atoms with van der Waals surface area (Å²) in [6.07, 6.45) is 0. The van der Waals surface area contributed by atoms with Crippen LogP contribution in [0.3, 0.4) is 0 Å². The van der Waals surface area contributed by atoms with Crippen LogP contribution in [0.5, 0.6) is 11.8 Å². The smallest absolute Gasteiger partial charge is 0.335 e. The zero-order valence-corrected chi connectivity index (χ0v) is 18.9. The van der Waals surface area contributed by atoms with Crippen molar-refractivity contribution in [2.45, 2.75) is 5.25 Å². The topological polar surface area (TPSA) is 157 Å². The van der Waals surface area contributed by atoms with E-state index >= 15 is 0 Å². The molecular formula is C17H23N5O7S2. The second-order valence-electron chi connectivity index (χ2n) is 6.34. The number of rotatable bonds is 9. The summed E-state index contributed by atoms with van der Waals surface area (Å²) in [6, 6.07) is 7.89. The van der Waals surface area contributed by atoms with E-state index in [0.717, 1.165) is 4.31 Å². The molecule has 0 radical (unpaired) electrons.